The average molecular weight is 338 g/mol. The molecule has 0 spiro atoms. The molecule has 0 unspecified atom stereocenters. The number of fused-ring (bicyclic) bond motifs is 1. The summed E-state index contributed by atoms with van der Waals surface area (Å²) in [5.41, 5.74) is 3.19. The van der Waals surface area contributed by atoms with Crippen molar-refractivity contribution in [3.63, 3.8) is 0 Å². The number of aryl methyl sites for hydroxylation is 1. The second-order valence-corrected chi connectivity index (χ2v) is 5.72. The van der Waals surface area contributed by atoms with Gasteiger partial charge in [-0.05, 0) is 43.3 Å². The first-order valence-electron chi connectivity index (χ1n) is 7.81. The normalized spacial score (nSPS) is 10.7. The Bertz CT molecular complexity index is 959. The third-order valence-corrected chi connectivity index (χ3v) is 3.82. The lowest BCUT2D eigenvalue weighted by Crippen LogP contribution is -2.15. The van der Waals surface area contributed by atoms with Crippen LogP contribution in [0.3, 0.4) is 0 Å². The van der Waals surface area contributed by atoms with Crippen LogP contribution in [0, 0.1) is 6.92 Å². The Morgan fingerprint density at radius 1 is 1.20 bits per heavy atom. The number of Topliss-reactive ketones (excluding diaryl/α,β-unsaturated/α-hetero) is 1. The van der Waals surface area contributed by atoms with Crippen LogP contribution in [0.25, 0.3) is 11.1 Å². The number of amides is 1. The molecule has 0 aliphatic heterocycles. The molecule has 0 saturated carbocycles. The number of benzene rings is 2. The first kappa shape index (κ1) is 16.7. The average Bonchev–Trinajstić information content (AvgIpc) is 2.93. The van der Waals surface area contributed by atoms with E-state index >= 15 is 0 Å². The van der Waals surface area contributed by atoms with Gasteiger partial charge in [-0.3, -0.25) is 9.59 Å². The number of carbonyl (C=O) groups excluding carboxylic acids is 2. The fourth-order valence-electron chi connectivity index (χ4n) is 2.63. The van der Waals surface area contributed by atoms with Crippen LogP contribution in [0.15, 0.2) is 40.8 Å². The van der Waals surface area contributed by atoms with Crippen molar-refractivity contribution in [2.24, 2.45) is 0 Å². The van der Waals surface area contributed by atoms with E-state index in [0.29, 0.717) is 39.6 Å². The van der Waals surface area contributed by atoms with Gasteiger partial charge in [0, 0.05) is 23.7 Å². The van der Waals surface area contributed by atoms with E-state index < -0.39 is 0 Å². The van der Waals surface area contributed by atoms with Crippen molar-refractivity contribution in [3.05, 3.63) is 53.4 Å². The van der Waals surface area contributed by atoms with Crippen molar-refractivity contribution in [2.75, 3.05) is 12.4 Å². The zero-order chi connectivity index (χ0) is 18.0. The molecule has 1 aromatic heterocycles. The Balaban J connectivity index is 1.79. The maximum absolute atomic E-state index is 12.4. The number of nitrogens with one attached hydrogen (secondary N) is 1. The third-order valence-electron chi connectivity index (χ3n) is 3.82. The molecule has 6 heteroatoms. The first-order valence-corrected chi connectivity index (χ1v) is 7.81. The maximum atomic E-state index is 12.4. The summed E-state index contributed by atoms with van der Waals surface area (Å²) >= 11 is 0. The molecule has 0 radical (unpaired) electrons. The molecule has 1 amide bonds. The van der Waals surface area contributed by atoms with Gasteiger partial charge in [-0.2, -0.15) is 0 Å². The van der Waals surface area contributed by atoms with Crippen LogP contribution in [-0.2, 0) is 11.2 Å². The van der Waals surface area contributed by atoms with E-state index in [9.17, 15) is 9.59 Å². The molecular weight excluding hydrogens is 320 g/mol. The molecule has 0 aliphatic carbocycles. The number of rotatable bonds is 5. The van der Waals surface area contributed by atoms with E-state index in [1.165, 1.54) is 14.0 Å². The van der Waals surface area contributed by atoms with Crippen molar-refractivity contribution >= 4 is 28.5 Å². The zero-order valence-corrected chi connectivity index (χ0v) is 14.3. The molecule has 3 aromatic rings. The number of aromatic nitrogens is 1. The van der Waals surface area contributed by atoms with Gasteiger partial charge in [0.05, 0.1) is 13.5 Å². The molecule has 0 atom stereocenters. The molecule has 0 aliphatic rings. The van der Waals surface area contributed by atoms with Crippen LogP contribution in [-0.4, -0.2) is 23.8 Å². The minimum atomic E-state index is -0.210. The minimum absolute atomic E-state index is 0.0591. The SMILES string of the molecule is COc1ccc(C(C)=O)cc1CC(=O)Nc1ccc2oc(C)nc2c1. The highest BCUT2D eigenvalue weighted by molar-refractivity contribution is 5.96. The van der Waals surface area contributed by atoms with E-state index in [1.54, 1.807) is 43.3 Å². The first-order chi connectivity index (χ1) is 12.0. The molecule has 0 bridgehead atoms. The van der Waals surface area contributed by atoms with E-state index in [-0.39, 0.29) is 18.1 Å². The molecule has 0 fully saturated rings. The van der Waals surface area contributed by atoms with E-state index in [1.807, 2.05) is 0 Å². The molecule has 2 aromatic carbocycles. The molecule has 6 nitrogen and oxygen atoms in total. The molecule has 128 valence electrons. The summed E-state index contributed by atoms with van der Waals surface area (Å²) in [5.74, 6) is 0.877. The Labute approximate surface area is 144 Å². The highest BCUT2D eigenvalue weighted by Crippen LogP contribution is 2.23. The summed E-state index contributed by atoms with van der Waals surface area (Å²) < 4.78 is 10.7. The van der Waals surface area contributed by atoms with Crippen molar-refractivity contribution in [1.82, 2.24) is 4.98 Å². The van der Waals surface area contributed by atoms with Crippen LogP contribution in [0.5, 0.6) is 5.75 Å². The summed E-state index contributed by atoms with van der Waals surface area (Å²) in [4.78, 5) is 28.2. The summed E-state index contributed by atoms with van der Waals surface area (Å²) in [6.07, 6.45) is 0.0974. The second kappa shape index (κ2) is 6.76. The highest BCUT2D eigenvalue weighted by Gasteiger charge is 2.12. The Kier molecular flexibility index (Phi) is 4.52. The summed E-state index contributed by atoms with van der Waals surface area (Å²) in [5, 5.41) is 2.83. The fourth-order valence-corrected chi connectivity index (χ4v) is 2.63. The van der Waals surface area contributed by atoms with Gasteiger partial charge in [0.1, 0.15) is 11.3 Å². The predicted molar refractivity (Wildman–Crippen MR) is 94.1 cm³/mol. The van der Waals surface area contributed by atoms with Gasteiger partial charge in [0.2, 0.25) is 5.91 Å². The molecule has 1 N–H and O–H groups in total. The fraction of sp³-hybridized carbons (Fsp3) is 0.211. The van der Waals surface area contributed by atoms with Gasteiger partial charge in [0.25, 0.3) is 0 Å². The van der Waals surface area contributed by atoms with E-state index in [2.05, 4.69) is 10.3 Å². The van der Waals surface area contributed by atoms with E-state index in [4.69, 9.17) is 9.15 Å². The van der Waals surface area contributed by atoms with Gasteiger partial charge in [-0.25, -0.2) is 4.98 Å². The Morgan fingerprint density at radius 2 is 2.00 bits per heavy atom. The van der Waals surface area contributed by atoms with Crippen molar-refractivity contribution in [3.8, 4) is 5.75 Å². The van der Waals surface area contributed by atoms with E-state index in [0.717, 1.165) is 0 Å². The predicted octanol–water partition coefficient (Wildman–Crippen LogP) is 3.53. The quantitative estimate of drug-likeness (QED) is 0.720. The minimum Gasteiger partial charge on any atom is -0.496 e. The van der Waals surface area contributed by atoms with Crippen LogP contribution >= 0.6 is 0 Å². The summed E-state index contributed by atoms with van der Waals surface area (Å²) in [6, 6.07) is 10.3. The Hall–Kier alpha value is -3.15. The third kappa shape index (κ3) is 3.68. The number of methoxy groups -OCH3 is 1. The topological polar surface area (TPSA) is 81.4 Å². The molecule has 3 rings (SSSR count). The van der Waals surface area contributed by atoms with Gasteiger partial charge in [0.15, 0.2) is 17.3 Å². The van der Waals surface area contributed by atoms with Gasteiger partial charge >= 0.3 is 0 Å². The maximum Gasteiger partial charge on any atom is 0.228 e. The van der Waals surface area contributed by atoms with Gasteiger partial charge in [-0.15, -0.1) is 0 Å². The van der Waals surface area contributed by atoms with Crippen molar-refractivity contribution < 1.29 is 18.7 Å². The van der Waals surface area contributed by atoms with Crippen LogP contribution < -0.4 is 10.1 Å². The van der Waals surface area contributed by atoms with Gasteiger partial charge in [-0.1, -0.05) is 0 Å². The van der Waals surface area contributed by atoms with Crippen LogP contribution in [0.1, 0.15) is 28.7 Å². The lowest BCUT2D eigenvalue weighted by Gasteiger charge is -2.10. The number of oxazole rings is 1. The number of anilines is 1. The summed E-state index contributed by atoms with van der Waals surface area (Å²) in [7, 11) is 1.53. The van der Waals surface area contributed by atoms with Crippen LogP contribution in [0.4, 0.5) is 5.69 Å². The number of hydrogen-bond acceptors (Lipinski definition) is 5. The number of ether oxygens (including phenoxy) is 1. The lowest BCUT2D eigenvalue weighted by atomic mass is 10.0. The zero-order valence-electron chi connectivity index (χ0n) is 14.3. The van der Waals surface area contributed by atoms with Crippen LogP contribution in [0.2, 0.25) is 0 Å². The van der Waals surface area contributed by atoms with Crippen molar-refractivity contribution in [2.45, 2.75) is 20.3 Å². The largest absolute Gasteiger partial charge is 0.496 e. The van der Waals surface area contributed by atoms with Gasteiger partial charge < -0.3 is 14.5 Å². The summed E-state index contributed by atoms with van der Waals surface area (Å²) in [6.45, 7) is 3.26. The number of ketones is 1. The Morgan fingerprint density at radius 3 is 2.72 bits per heavy atom. The molecule has 25 heavy (non-hydrogen) atoms. The smallest absolute Gasteiger partial charge is 0.228 e. The highest BCUT2D eigenvalue weighted by atomic mass is 16.5. The standard InChI is InChI=1S/C19H18N2O4/c1-11(22)13-4-6-17(24-3)14(8-13)9-19(23)21-15-5-7-18-16(10-15)20-12(2)25-18/h4-8,10H,9H2,1-3H3,(H,21,23). The monoisotopic (exact) mass is 338 g/mol. The van der Waals surface area contributed by atoms with Crippen molar-refractivity contribution in [1.29, 1.82) is 0 Å². The molecule has 1 heterocycles. The lowest BCUT2D eigenvalue weighted by molar-refractivity contribution is -0.115. The number of hydrogen-bond donors (Lipinski definition) is 1. The number of nitrogens with zero attached hydrogens (tertiary/aromatic N) is 1. The molecular formula is C19H18N2O4. The number of carbonyl (C=O) groups is 2. The molecule has 0 saturated heterocycles. The second-order valence-electron chi connectivity index (χ2n) is 5.72.